The van der Waals surface area contributed by atoms with Crippen molar-refractivity contribution in [2.75, 3.05) is 0 Å². The Balaban J connectivity index is 1.89. The van der Waals surface area contributed by atoms with Crippen molar-refractivity contribution in [3.63, 3.8) is 0 Å². The third kappa shape index (κ3) is 3.22. The van der Waals surface area contributed by atoms with E-state index in [9.17, 15) is 4.79 Å². The molecule has 1 amide bonds. The Bertz CT molecular complexity index is 824. The fourth-order valence-corrected chi connectivity index (χ4v) is 2.81. The minimum Gasteiger partial charge on any atom is -0.345 e. The average molecular weight is 328 g/mol. The molecule has 0 aliphatic carbocycles. The average Bonchev–Trinajstić information content (AvgIpc) is 3.01. The fraction of sp³-hybridized carbons (Fsp3) is 0.222. The van der Waals surface area contributed by atoms with Crippen LogP contribution in [0.15, 0.2) is 48.7 Å². The number of benzene rings is 2. The minimum absolute atomic E-state index is 0.0852. The van der Waals surface area contributed by atoms with E-state index < -0.39 is 0 Å². The molecule has 5 heteroatoms. The van der Waals surface area contributed by atoms with Crippen LogP contribution in [0.5, 0.6) is 0 Å². The van der Waals surface area contributed by atoms with Crippen LogP contribution in [0.4, 0.5) is 0 Å². The van der Waals surface area contributed by atoms with Crippen LogP contribution < -0.4 is 5.32 Å². The maximum Gasteiger partial charge on any atom is 0.253 e. The zero-order valence-electron chi connectivity index (χ0n) is 13.0. The van der Waals surface area contributed by atoms with E-state index in [-0.39, 0.29) is 17.9 Å². The molecule has 0 aliphatic rings. The number of hydrogen-bond acceptors (Lipinski definition) is 2. The van der Waals surface area contributed by atoms with E-state index >= 15 is 0 Å². The fourth-order valence-electron chi connectivity index (χ4n) is 2.68. The maximum absolute atomic E-state index is 12.7. The van der Waals surface area contributed by atoms with Crippen LogP contribution in [-0.2, 0) is 0 Å². The first-order valence-electron chi connectivity index (χ1n) is 7.54. The van der Waals surface area contributed by atoms with E-state index in [4.69, 9.17) is 11.6 Å². The van der Waals surface area contributed by atoms with Crippen molar-refractivity contribution < 1.29 is 4.79 Å². The van der Waals surface area contributed by atoms with Gasteiger partial charge in [-0.3, -0.25) is 9.89 Å². The van der Waals surface area contributed by atoms with Gasteiger partial charge in [0.1, 0.15) is 0 Å². The highest BCUT2D eigenvalue weighted by atomic mass is 35.5. The standard InChI is InChI=1S/C18H18ClN3O/c1-11(2)16(12-6-8-14(19)9-7-12)21-18(23)15-5-3-4-13-10-20-22-17(13)15/h3-11,16H,1-2H3,(H,20,22)(H,21,23). The summed E-state index contributed by atoms with van der Waals surface area (Å²) in [7, 11) is 0. The first kappa shape index (κ1) is 15.6. The Morgan fingerprint density at radius 3 is 2.61 bits per heavy atom. The molecule has 0 spiro atoms. The molecule has 0 fully saturated rings. The van der Waals surface area contributed by atoms with Gasteiger partial charge in [0, 0.05) is 10.4 Å². The number of hydrogen-bond donors (Lipinski definition) is 2. The number of amides is 1. The van der Waals surface area contributed by atoms with Gasteiger partial charge in [-0.05, 0) is 29.7 Å². The van der Waals surface area contributed by atoms with Crippen LogP contribution >= 0.6 is 11.6 Å². The van der Waals surface area contributed by atoms with Crippen LogP contribution in [-0.4, -0.2) is 16.1 Å². The molecule has 1 aromatic heterocycles. The van der Waals surface area contributed by atoms with Crippen molar-refractivity contribution in [2.24, 2.45) is 5.92 Å². The SMILES string of the molecule is CC(C)C(NC(=O)c1cccc2cn[nH]c12)c1ccc(Cl)cc1. The number of fused-ring (bicyclic) bond motifs is 1. The van der Waals surface area contributed by atoms with Gasteiger partial charge in [0.15, 0.2) is 0 Å². The van der Waals surface area contributed by atoms with Crippen molar-refractivity contribution >= 4 is 28.4 Å². The van der Waals surface area contributed by atoms with E-state index in [0.717, 1.165) is 16.5 Å². The minimum atomic E-state index is -0.117. The summed E-state index contributed by atoms with van der Waals surface area (Å²) in [5.74, 6) is 0.134. The largest absolute Gasteiger partial charge is 0.345 e. The lowest BCUT2D eigenvalue weighted by molar-refractivity contribution is 0.0927. The number of para-hydroxylation sites is 1. The van der Waals surface area contributed by atoms with Crippen LogP contribution in [0.1, 0.15) is 35.8 Å². The molecule has 0 aliphatic heterocycles. The monoisotopic (exact) mass is 327 g/mol. The molecule has 2 N–H and O–H groups in total. The highest BCUT2D eigenvalue weighted by Gasteiger charge is 2.20. The normalized spacial score (nSPS) is 12.5. The summed E-state index contributed by atoms with van der Waals surface area (Å²) >= 11 is 5.95. The molecule has 3 rings (SSSR count). The van der Waals surface area contributed by atoms with Gasteiger partial charge >= 0.3 is 0 Å². The summed E-state index contributed by atoms with van der Waals surface area (Å²) in [5, 5.41) is 11.6. The number of carbonyl (C=O) groups excluding carboxylic acids is 1. The topological polar surface area (TPSA) is 57.8 Å². The third-order valence-corrected chi connectivity index (χ3v) is 4.16. The molecule has 3 aromatic rings. The number of carbonyl (C=O) groups is 1. The van der Waals surface area contributed by atoms with Crippen LogP contribution in [0, 0.1) is 5.92 Å². The molecule has 0 bridgehead atoms. The molecule has 23 heavy (non-hydrogen) atoms. The van der Waals surface area contributed by atoms with E-state index in [1.165, 1.54) is 0 Å². The van der Waals surface area contributed by atoms with Crippen LogP contribution in [0.3, 0.4) is 0 Å². The second kappa shape index (κ2) is 6.42. The van der Waals surface area contributed by atoms with Crippen molar-refractivity contribution in [1.82, 2.24) is 15.5 Å². The second-order valence-corrected chi connectivity index (χ2v) is 6.32. The zero-order chi connectivity index (χ0) is 16.4. The molecule has 1 unspecified atom stereocenters. The van der Waals surface area contributed by atoms with E-state index in [2.05, 4.69) is 29.4 Å². The molecule has 0 saturated heterocycles. The smallest absolute Gasteiger partial charge is 0.253 e. The lowest BCUT2D eigenvalue weighted by Crippen LogP contribution is -2.31. The Hall–Kier alpha value is -2.33. The molecule has 2 aromatic carbocycles. The molecule has 1 heterocycles. The lowest BCUT2D eigenvalue weighted by Gasteiger charge is -2.23. The van der Waals surface area contributed by atoms with Crippen LogP contribution in [0.2, 0.25) is 5.02 Å². The summed E-state index contributed by atoms with van der Waals surface area (Å²) < 4.78 is 0. The molecule has 4 nitrogen and oxygen atoms in total. The van der Waals surface area contributed by atoms with Gasteiger partial charge in [-0.2, -0.15) is 5.10 Å². The highest BCUT2D eigenvalue weighted by Crippen LogP contribution is 2.24. The van der Waals surface area contributed by atoms with Gasteiger partial charge in [-0.1, -0.05) is 49.7 Å². The van der Waals surface area contributed by atoms with Gasteiger partial charge in [0.05, 0.1) is 23.3 Å². The molecule has 1 atom stereocenters. The Morgan fingerprint density at radius 2 is 1.91 bits per heavy atom. The van der Waals surface area contributed by atoms with Gasteiger partial charge in [0.25, 0.3) is 5.91 Å². The zero-order valence-corrected chi connectivity index (χ0v) is 13.8. The number of halogens is 1. The summed E-state index contributed by atoms with van der Waals surface area (Å²) in [6.07, 6.45) is 1.71. The Labute approximate surface area is 139 Å². The van der Waals surface area contributed by atoms with Crippen LogP contribution in [0.25, 0.3) is 10.9 Å². The highest BCUT2D eigenvalue weighted by molar-refractivity contribution is 6.30. The number of nitrogens with zero attached hydrogens (tertiary/aromatic N) is 1. The third-order valence-electron chi connectivity index (χ3n) is 3.90. The number of nitrogens with one attached hydrogen (secondary N) is 2. The van der Waals surface area contributed by atoms with Crippen molar-refractivity contribution in [3.05, 3.63) is 64.8 Å². The molecule has 0 saturated carbocycles. The Kier molecular flexibility index (Phi) is 4.35. The lowest BCUT2D eigenvalue weighted by atomic mass is 9.95. The Morgan fingerprint density at radius 1 is 1.17 bits per heavy atom. The van der Waals surface area contributed by atoms with Crippen molar-refractivity contribution in [3.8, 4) is 0 Å². The van der Waals surface area contributed by atoms with Crippen molar-refractivity contribution in [2.45, 2.75) is 19.9 Å². The first-order valence-corrected chi connectivity index (χ1v) is 7.92. The van der Waals surface area contributed by atoms with Gasteiger partial charge in [-0.25, -0.2) is 0 Å². The number of rotatable bonds is 4. The summed E-state index contributed by atoms with van der Waals surface area (Å²) in [5.41, 5.74) is 2.39. The van der Waals surface area contributed by atoms with Crippen molar-refractivity contribution in [1.29, 1.82) is 0 Å². The quantitative estimate of drug-likeness (QED) is 0.748. The molecule has 0 radical (unpaired) electrons. The number of aromatic nitrogens is 2. The number of aromatic amines is 1. The first-order chi connectivity index (χ1) is 11.1. The summed E-state index contributed by atoms with van der Waals surface area (Å²) in [6.45, 7) is 4.16. The molecular weight excluding hydrogens is 310 g/mol. The maximum atomic E-state index is 12.7. The van der Waals surface area contributed by atoms with Gasteiger partial charge in [-0.15, -0.1) is 0 Å². The van der Waals surface area contributed by atoms with E-state index in [1.807, 2.05) is 36.4 Å². The summed E-state index contributed by atoms with van der Waals surface area (Å²) in [6, 6.07) is 13.1. The van der Waals surface area contributed by atoms with E-state index in [1.54, 1.807) is 12.3 Å². The predicted octanol–water partition coefficient (Wildman–Crippen LogP) is 4.34. The molecular formula is C18H18ClN3O. The predicted molar refractivity (Wildman–Crippen MR) is 92.6 cm³/mol. The second-order valence-electron chi connectivity index (χ2n) is 5.89. The van der Waals surface area contributed by atoms with Gasteiger partial charge in [0.2, 0.25) is 0 Å². The molecule has 118 valence electrons. The summed E-state index contributed by atoms with van der Waals surface area (Å²) in [4.78, 5) is 12.7. The number of H-pyrrole nitrogens is 1. The van der Waals surface area contributed by atoms with E-state index in [0.29, 0.717) is 10.6 Å². The van der Waals surface area contributed by atoms with Gasteiger partial charge < -0.3 is 5.32 Å².